The Balaban J connectivity index is 1.85. The Hall–Kier alpha value is -2.73. The maximum absolute atomic E-state index is 11.0. The molecule has 0 spiro atoms. The molecule has 0 amide bonds. The molecule has 6 heteroatoms. The molecule has 1 unspecified atom stereocenters. The molecule has 0 aliphatic heterocycles. The zero-order chi connectivity index (χ0) is 23.8. The number of ether oxygens (including phenoxy) is 3. The molecule has 33 heavy (non-hydrogen) atoms. The van der Waals surface area contributed by atoms with E-state index in [4.69, 9.17) is 25.8 Å². The molecule has 0 aliphatic rings. The zero-order valence-electron chi connectivity index (χ0n) is 19.6. The maximum atomic E-state index is 11.0. The van der Waals surface area contributed by atoms with Crippen LogP contribution in [0.2, 0.25) is 5.02 Å². The van der Waals surface area contributed by atoms with Gasteiger partial charge < -0.3 is 19.3 Å². The Morgan fingerprint density at radius 2 is 1.58 bits per heavy atom. The molecule has 3 aromatic rings. The Kier molecular flexibility index (Phi) is 9.01. The van der Waals surface area contributed by atoms with E-state index in [1.54, 1.807) is 21.3 Å². The lowest BCUT2D eigenvalue weighted by atomic mass is 10.0. The molecule has 3 rings (SSSR count). The van der Waals surface area contributed by atoms with E-state index < -0.39 is 6.10 Å². The van der Waals surface area contributed by atoms with Crippen molar-refractivity contribution in [2.75, 3.05) is 27.9 Å². The van der Waals surface area contributed by atoms with Crippen molar-refractivity contribution in [3.8, 4) is 17.2 Å². The summed E-state index contributed by atoms with van der Waals surface area (Å²) in [5, 5.41) is 11.6. The minimum absolute atomic E-state index is 0.127. The van der Waals surface area contributed by atoms with Crippen LogP contribution < -0.4 is 14.2 Å². The van der Waals surface area contributed by atoms with Gasteiger partial charge in [0.1, 0.15) is 5.75 Å². The average Bonchev–Trinajstić information content (AvgIpc) is 2.83. The van der Waals surface area contributed by atoms with Crippen LogP contribution in [0.4, 0.5) is 0 Å². The van der Waals surface area contributed by atoms with Gasteiger partial charge in [-0.2, -0.15) is 0 Å². The van der Waals surface area contributed by atoms with Gasteiger partial charge in [0.25, 0.3) is 0 Å². The Bertz CT molecular complexity index is 1040. The van der Waals surface area contributed by atoms with E-state index in [2.05, 4.69) is 17.9 Å². The topological polar surface area (TPSA) is 51.2 Å². The summed E-state index contributed by atoms with van der Waals surface area (Å²) in [5.41, 5.74) is 2.99. The van der Waals surface area contributed by atoms with Gasteiger partial charge in [0, 0.05) is 29.7 Å². The second-order valence-electron chi connectivity index (χ2n) is 8.05. The molecule has 0 saturated heterocycles. The highest BCUT2D eigenvalue weighted by Gasteiger charge is 2.21. The van der Waals surface area contributed by atoms with E-state index in [0.717, 1.165) is 28.9 Å². The van der Waals surface area contributed by atoms with Crippen molar-refractivity contribution in [1.29, 1.82) is 0 Å². The van der Waals surface area contributed by atoms with Crippen LogP contribution in [-0.2, 0) is 13.0 Å². The first-order chi connectivity index (χ1) is 15.9. The largest absolute Gasteiger partial charge is 0.496 e. The van der Waals surface area contributed by atoms with Gasteiger partial charge in [-0.15, -0.1) is 0 Å². The number of halogens is 1. The van der Waals surface area contributed by atoms with Crippen molar-refractivity contribution in [2.24, 2.45) is 0 Å². The van der Waals surface area contributed by atoms with Gasteiger partial charge in [0.15, 0.2) is 11.5 Å². The lowest BCUT2D eigenvalue weighted by Crippen LogP contribution is -2.37. The summed E-state index contributed by atoms with van der Waals surface area (Å²) in [6.07, 6.45) is 0.101. The summed E-state index contributed by atoms with van der Waals surface area (Å²) in [7, 11) is 4.95. The standard InChI is InChI=1S/C27H32ClNO4/c1-19(14-20-12-13-26(32-3)27(15-20)33-4)29(17-22-8-5-6-11-25(22)31-2)18-24(30)21-9-7-10-23(28)16-21/h5-13,15-16,19,24,30H,14,17-18H2,1-4H3/t19?,24-/m0/s1. The number of hydrogen-bond donors (Lipinski definition) is 1. The lowest BCUT2D eigenvalue weighted by molar-refractivity contribution is 0.0853. The first-order valence-corrected chi connectivity index (χ1v) is 11.3. The highest BCUT2D eigenvalue weighted by molar-refractivity contribution is 6.30. The Labute approximate surface area is 201 Å². The number of methoxy groups -OCH3 is 3. The van der Waals surface area contributed by atoms with Crippen molar-refractivity contribution >= 4 is 11.6 Å². The second-order valence-corrected chi connectivity index (χ2v) is 8.49. The summed E-state index contributed by atoms with van der Waals surface area (Å²) in [4.78, 5) is 2.26. The number of aliphatic hydroxyl groups excluding tert-OH is 1. The van der Waals surface area contributed by atoms with E-state index in [-0.39, 0.29) is 6.04 Å². The molecule has 0 aliphatic carbocycles. The zero-order valence-corrected chi connectivity index (χ0v) is 20.4. The molecule has 5 nitrogen and oxygen atoms in total. The average molecular weight is 470 g/mol. The molecule has 0 fully saturated rings. The maximum Gasteiger partial charge on any atom is 0.160 e. The van der Waals surface area contributed by atoms with Crippen molar-refractivity contribution in [1.82, 2.24) is 4.90 Å². The molecule has 3 aromatic carbocycles. The molecule has 1 N–H and O–H groups in total. The van der Waals surface area contributed by atoms with E-state index in [0.29, 0.717) is 29.6 Å². The number of benzene rings is 3. The van der Waals surface area contributed by atoms with Crippen LogP contribution in [-0.4, -0.2) is 43.9 Å². The Morgan fingerprint density at radius 3 is 2.27 bits per heavy atom. The highest BCUT2D eigenvalue weighted by atomic mass is 35.5. The summed E-state index contributed by atoms with van der Waals surface area (Å²) in [6.45, 7) is 3.25. The third kappa shape index (κ3) is 6.64. The van der Waals surface area contributed by atoms with Crippen LogP contribution in [0.5, 0.6) is 17.2 Å². The van der Waals surface area contributed by atoms with Crippen molar-refractivity contribution < 1.29 is 19.3 Å². The van der Waals surface area contributed by atoms with Gasteiger partial charge >= 0.3 is 0 Å². The van der Waals surface area contributed by atoms with Crippen LogP contribution in [0.25, 0.3) is 0 Å². The molecule has 0 bridgehead atoms. The molecule has 0 heterocycles. The normalized spacial score (nSPS) is 12.9. The van der Waals surface area contributed by atoms with Crippen LogP contribution in [0.1, 0.15) is 29.7 Å². The summed E-state index contributed by atoms with van der Waals surface area (Å²) < 4.78 is 16.4. The molecular formula is C27H32ClNO4. The smallest absolute Gasteiger partial charge is 0.160 e. The third-order valence-electron chi connectivity index (χ3n) is 5.81. The fourth-order valence-electron chi connectivity index (χ4n) is 3.97. The molecule has 0 aromatic heterocycles. The predicted octanol–water partition coefficient (Wildman–Crippen LogP) is 5.53. The first kappa shape index (κ1) is 24.9. The molecule has 0 saturated carbocycles. The van der Waals surface area contributed by atoms with E-state index in [1.807, 2.05) is 60.7 Å². The number of hydrogen-bond acceptors (Lipinski definition) is 5. The third-order valence-corrected chi connectivity index (χ3v) is 6.04. The van der Waals surface area contributed by atoms with Gasteiger partial charge in [0.2, 0.25) is 0 Å². The van der Waals surface area contributed by atoms with Crippen molar-refractivity contribution in [2.45, 2.75) is 32.0 Å². The van der Waals surface area contributed by atoms with Crippen LogP contribution >= 0.6 is 11.6 Å². The van der Waals surface area contributed by atoms with E-state index >= 15 is 0 Å². The number of nitrogens with zero attached hydrogens (tertiary/aromatic N) is 1. The van der Waals surface area contributed by atoms with Gasteiger partial charge in [-0.1, -0.05) is 48.0 Å². The fourth-order valence-corrected chi connectivity index (χ4v) is 4.17. The number of aliphatic hydroxyl groups is 1. The van der Waals surface area contributed by atoms with Crippen molar-refractivity contribution in [3.63, 3.8) is 0 Å². The summed E-state index contributed by atoms with van der Waals surface area (Å²) in [5.74, 6) is 2.24. The molecular weight excluding hydrogens is 438 g/mol. The van der Waals surface area contributed by atoms with Gasteiger partial charge in [-0.05, 0) is 54.8 Å². The number of para-hydroxylation sites is 1. The highest BCUT2D eigenvalue weighted by Crippen LogP contribution is 2.29. The minimum atomic E-state index is -0.675. The quantitative estimate of drug-likeness (QED) is 0.400. The SMILES string of the molecule is COc1ccccc1CN(C[C@H](O)c1cccc(Cl)c1)C(C)Cc1ccc(OC)c(OC)c1. The van der Waals surface area contributed by atoms with Crippen LogP contribution in [0, 0.1) is 0 Å². The minimum Gasteiger partial charge on any atom is -0.496 e. The molecule has 0 radical (unpaired) electrons. The van der Waals surface area contributed by atoms with Crippen molar-refractivity contribution in [3.05, 3.63) is 88.4 Å². The van der Waals surface area contributed by atoms with E-state index in [9.17, 15) is 5.11 Å². The number of rotatable bonds is 11. The summed E-state index contributed by atoms with van der Waals surface area (Å²) >= 11 is 6.15. The molecule has 176 valence electrons. The fraction of sp³-hybridized carbons (Fsp3) is 0.333. The summed E-state index contributed by atoms with van der Waals surface area (Å²) in [6, 6.07) is 21.5. The van der Waals surface area contributed by atoms with Gasteiger partial charge in [0.05, 0.1) is 27.4 Å². The first-order valence-electron chi connectivity index (χ1n) is 11.0. The lowest BCUT2D eigenvalue weighted by Gasteiger charge is -2.32. The van der Waals surface area contributed by atoms with Gasteiger partial charge in [-0.25, -0.2) is 0 Å². The van der Waals surface area contributed by atoms with Gasteiger partial charge in [-0.3, -0.25) is 4.90 Å². The monoisotopic (exact) mass is 469 g/mol. The second kappa shape index (κ2) is 11.9. The molecule has 2 atom stereocenters. The van der Waals surface area contributed by atoms with Crippen LogP contribution in [0.3, 0.4) is 0 Å². The van der Waals surface area contributed by atoms with Crippen LogP contribution in [0.15, 0.2) is 66.7 Å². The Morgan fingerprint density at radius 1 is 0.848 bits per heavy atom. The van der Waals surface area contributed by atoms with E-state index in [1.165, 1.54) is 0 Å². The predicted molar refractivity (Wildman–Crippen MR) is 133 cm³/mol.